The number of aromatic nitrogens is 2. The number of nitrogens with one attached hydrogen (secondary N) is 2. The van der Waals surface area contributed by atoms with E-state index in [2.05, 4.69) is 24.3 Å². The molecule has 0 saturated carbocycles. The highest BCUT2D eigenvalue weighted by Gasteiger charge is 2.27. The van der Waals surface area contributed by atoms with E-state index in [-0.39, 0.29) is 18.1 Å². The fraction of sp³-hybridized carbons (Fsp3) is 0.440. The first-order chi connectivity index (χ1) is 16.6. The zero-order chi connectivity index (χ0) is 25.1. The molecule has 1 fully saturated rings. The number of alkyl halides is 3. The Hall–Kier alpha value is -2.95. The summed E-state index contributed by atoms with van der Waals surface area (Å²) in [5, 5.41) is 1.90. The molecule has 1 unspecified atom stereocenters. The second-order valence-electron chi connectivity index (χ2n) is 9.43. The van der Waals surface area contributed by atoms with Crippen LogP contribution in [0.15, 0.2) is 48.8 Å². The van der Waals surface area contributed by atoms with Gasteiger partial charge >= 0.3 is 6.18 Å². The molecule has 0 aliphatic carbocycles. The number of hydrogen-bond donors (Lipinski definition) is 2. The highest BCUT2D eigenvalue weighted by atomic mass is 19.4. The largest absolute Gasteiger partial charge is 0.405 e. The first kappa shape index (κ1) is 25.2. The maximum Gasteiger partial charge on any atom is 0.405 e. The average Bonchev–Trinajstić information content (AvgIpc) is 3.52. The van der Waals surface area contributed by atoms with E-state index < -0.39 is 18.6 Å². The Balaban J connectivity index is 1.39. The standard InChI is InChI=1S/C25H29F3N4O3/c1-24(2,31-35-15-20-14-34-20)12-18-8-9-32-21(13-29-22(32)11-18)19-5-3-4-17(10-19)6-7-23(33)30-16-25(26,27)28/h3-5,8-11,13,20,31H,6-7,12,14-16H2,1-2H3,(H,30,33). The third-order valence-electron chi connectivity index (χ3n) is 5.59. The number of benzene rings is 1. The van der Waals surface area contributed by atoms with Crippen molar-refractivity contribution in [3.05, 3.63) is 59.9 Å². The highest BCUT2D eigenvalue weighted by Crippen LogP contribution is 2.24. The van der Waals surface area contributed by atoms with Gasteiger partial charge in [-0.1, -0.05) is 18.2 Å². The van der Waals surface area contributed by atoms with Gasteiger partial charge in [-0.05, 0) is 56.0 Å². The molecule has 3 heterocycles. The molecule has 3 aromatic rings. The van der Waals surface area contributed by atoms with E-state index >= 15 is 0 Å². The van der Waals surface area contributed by atoms with Crippen LogP contribution in [0, 0.1) is 0 Å². The summed E-state index contributed by atoms with van der Waals surface area (Å²) < 4.78 is 43.9. The van der Waals surface area contributed by atoms with Crippen LogP contribution in [0.1, 0.15) is 31.4 Å². The van der Waals surface area contributed by atoms with Gasteiger partial charge in [-0.2, -0.15) is 18.7 Å². The Morgan fingerprint density at radius 1 is 1.23 bits per heavy atom. The molecule has 0 bridgehead atoms. The molecule has 4 rings (SSSR count). The fourth-order valence-corrected chi connectivity index (χ4v) is 3.82. The number of amides is 1. The summed E-state index contributed by atoms with van der Waals surface area (Å²) in [5.41, 5.74) is 7.41. The van der Waals surface area contributed by atoms with Crippen molar-refractivity contribution >= 4 is 11.6 Å². The number of hydrogen-bond acceptors (Lipinski definition) is 5. The fourth-order valence-electron chi connectivity index (χ4n) is 3.82. The molecular weight excluding hydrogens is 461 g/mol. The van der Waals surface area contributed by atoms with Crippen LogP contribution in [0.3, 0.4) is 0 Å². The lowest BCUT2D eigenvalue weighted by Gasteiger charge is -2.25. The molecule has 2 N–H and O–H groups in total. The lowest BCUT2D eigenvalue weighted by Crippen LogP contribution is -2.41. The topological polar surface area (TPSA) is 80.2 Å². The summed E-state index contributed by atoms with van der Waals surface area (Å²) in [6.45, 7) is 4.10. The smallest absolute Gasteiger partial charge is 0.371 e. The van der Waals surface area contributed by atoms with Crippen molar-refractivity contribution in [2.24, 2.45) is 0 Å². The van der Waals surface area contributed by atoms with E-state index in [1.54, 1.807) is 6.20 Å². The molecule has 1 aromatic carbocycles. The number of carbonyl (C=O) groups is 1. The van der Waals surface area contributed by atoms with Gasteiger partial charge in [0.2, 0.25) is 5.91 Å². The maximum atomic E-state index is 12.3. The normalized spacial score (nSPS) is 16.0. The van der Waals surface area contributed by atoms with E-state index in [1.807, 2.05) is 52.3 Å². The Morgan fingerprint density at radius 3 is 2.77 bits per heavy atom. The molecule has 7 nitrogen and oxygen atoms in total. The molecule has 10 heteroatoms. The van der Waals surface area contributed by atoms with Crippen LogP contribution in [0.5, 0.6) is 0 Å². The number of epoxide rings is 1. The molecule has 35 heavy (non-hydrogen) atoms. The van der Waals surface area contributed by atoms with Crippen molar-refractivity contribution in [1.29, 1.82) is 0 Å². The van der Waals surface area contributed by atoms with Gasteiger partial charge in [0.15, 0.2) is 0 Å². The van der Waals surface area contributed by atoms with Crippen LogP contribution < -0.4 is 10.8 Å². The van der Waals surface area contributed by atoms with Gasteiger partial charge < -0.3 is 10.1 Å². The zero-order valence-electron chi connectivity index (χ0n) is 19.7. The van der Waals surface area contributed by atoms with Crippen LogP contribution >= 0.6 is 0 Å². The van der Waals surface area contributed by atoms with Crippen molar-refractivity contribution in [3.8, 4) is 11.3 Å². The molecule has 188 valence electrons. The minimum atomic E-state index is -4.41. The van der Waals surface area contributed by atoms with Crippen molar-refractivity contribution in [1.82, 2.24) is 20.2 Å². The van der Waals surface area contributed by atoms with Crippen LogP contribution in [-0.4, -0.2) is 52.9 Å². The second kappa shape index (κ2) is 10.3. The second-order valence-corrected chi connectivity index (χ2v) is 9.43. The first-order valence-electron chi connectivity index (χ1n) is 11.5. The zero-order valence-corrected chi connectivity index (χ0v) is 19.7. The Morgan fingerprint density at radius 2 is 2.03 bits per heavy atom. The number of halogens is 3. The number of imidazole rings is 1. The van der Waals surface area contributed by atoms with Gasteiger partial charge in [0.25, 0.3) is 0 Å². The Bertz CT molecular complexity index is 1170. The van der Waals surface area contributed by atoms with Gasteiger partial charge in [0.05, 0.1) is 25.1 Å². The predicted molar refractivity (Wildman–Crippen MR) is 125 cm³/mol. The van der Waals surface area contributed by atoms with E-state index in [4.69, 9.17) is 9.57 Å². The van der Waals surface area contributed by atoms with Crippen LogP contribution in [0.4, 0.5) is 13.2 Å². The Kier molecular flexibility index (Phi) is 7.44. The van der Waals surface area contributed by atoms with Crippen LogP contribution in [-0.2, 0) is 27.2 Å². The van der Waals surface area contributed by atoms with E-state index in [0.29, 0.717) is 13.0 Å². The number of fused-ring (bicyclic) bond motifs is 1. The van der Waals surface area contributed by atoms with Gasteiger partial charge in [0.1, 0.15) is 18.3 Å². The quantitative estimate of drug-likeness (QED) is 0.315. The molecule has 1 atom stereocenters. The average molecular weight is 491 g/mol. The van der Waals surface area contributed by atoms with Crippen molar-refractivity contribution < 1.29 is 27.5 Å². The summed E-state index contributed by atoms with van der Waals surface area (Å²) >= 11 is 0. The van der Waals surface area contributed by atoms with Gasteiger partial charge in [-0.3, -0.25) is 14.0 Å². The van der Waals surface area contributed by atoms with Crippen LogP contribution in [0.25, 0.3) is 16.9 Å². The van der Waals surface area contributed by atoms with Crippen molar-refractivity contribution in [2.45, 2.75) is 50.9 Å². The van der Waals surface area contributed by atoms with Gasteiger partial charge in [-0.25, -0.2) is 4.98 Å². The molecule has 0 radical (unpaired) electrons. The van der Waals surface area contributed by atoms with Crippen molar-refractivity contribution in [3.63, 3.8) is 0 Å². The molecule has 2 aromatic heterocycles. The van der Waals surface area contributed by atoms with E-state index in [1.165, 1.54) is 0 Å². The monoisotopic (exact) mass is 490 g/mol. The summed E-state index contributed by atoms with van der Waals surface area (Å²) in [7, 11) is 0. The molecule has 1 amide bonds. The number of pyridine rings is 1. The molecule has 1 saturated heterocycles. The summed E-state index contributed by atoms with van der Waals surface area (Å²) in [5.74, 6) is -0.626. The van der Waals surface area contributed by atoms with E-state index in [0.717, 1.165) is 41.1 Å². The molecule has 0 spiro atoms. The lowest BCUT2D eigenvalue weighted by atomic mass is 9.96. The van der Waals surface area contributed by atoms with Crippen molar-refractivity contribution in [2.75, 3.05) is 19.8 Å². The van der Waals surface area contributed by atoms with Crippen LogP contribution in [0.2, 0.25) is 0 Å². The van der Waals surface area contributed by atoms with E-state index in [9.17, 15) is 18.0 Å². The predicted octanol–water partition coefficient (Wildman–Crippen LogP) is 3.85. The molecule has 1 aliphatic heterocycles. The molecule has 1 aliphatic rings. The highest BCUT2D eigenvalue weighted by molar-refractivity contribution is 5.76. The number of carbonyl (C=O) groups excluding carboxylic acids is 1. The number of hydroxylamine groups is 1. The lowest BCUT2D eigenvalue weighted by molar-refractivity contribution is -0.138. The number of rotatable bonds is 11. The minimum Gasteiger partial charge on any atom is -0.371 e. The number of aryl methyl sites for hydroxylation is 1. The summed E-state index contributed by atoms with van der Waals surface area (Å²) in [6, 6.07) is 11.7. The Labute approximate surface area is 201 Å². The number of ether oxygens (including phenoxy) is 1. The number of nitrogens with zero attached hydrogens (tertiary/aromatic N) is 2. The third-order valence-corrected chi connectivity index (χ3v) is 5.59. The minimum absolute atomic E-state index is 0.0166. The van der Waals surface area contributed by atoms with Gasteiger partial charge in [0, 0.05) is 23.7 Å². The third kappa shape index (κ3) is 7.51. The maximum absolute atomic E-state index is 12.3. The SMILES string of the molecule is CC(C)(Cc1ccn2c(-c3cccc(CCC(=O)NCC(F)(F)F)c3)cnc2c1)NOCC1CO1. The van der Waals surface area contributed by atoms with Gasteiger partial charge in [-0.15, -0.1) is 0 Å². The summed E-state index contributed by atoms with van der Waals surface area (Å²) in [4.78, 5) is 21.8. The first-order valence-corrected chi connectivity index (χ1v) is 11.5. The summed E-state index contributed by atoms with van der Waals surface area (Å²) in [6.07, 6.45) is 0.609. The molecular formula is C25H29F3N4O3.